The van der Waals surface area contributed by atoms with Crippen LogP contribution in [-0.2, 0) is 10.0 Å². The largest absolute Gasteiger partial charge is 0.546 e. The second-order valence-electron chi connectivity index (χ2n) is 6.76. The first-order valence-corrected chi connectivity index (χ1v) is 10.1. The summed E-state index contributed by atoms with van der Waals surface area (Å²) in [5.74, 6) is 0.211. The predicted molar refractivity (Wildman–Crippen MR) is 99.7 cm³/mol. The molecule has 2 atom stereocenters. The molecule has 3 nitrogen and oxygen atoms in total. The minimum absolute atomic E-state index is 0.111. The Morgan fingerprint density at radius 1 is 0.917 bits per heavy atom. The van der Waals surface area contributed by atoms with Crippen molar-refractivity contribution in [2.45, 2.75) is 50.3 Å². The number of hydrogen-bond donors (Lipinski definition) is 0. The van der Waals surface area contributed by atoms with Crippen LogP contribution in [0.25, 0.3) is 15.8 Å². The molecule has 0 aromatic heterocycles. The van der Waals surface area contributed by atoms with Gasteiger partial charge < -0.3 is 4.72 Å². The van der Waals surface area contributed by atoms with E-state index >= 15 is 0 Å². The number of hydrogen-bond acceptors (Lipinski definition) is 2. The van der Waals surface area contributed by atoms with Crippen LogP contribution in [0.4, 0.5) is 0 Å². The summed E-state index contributed by atoms with van der Waals surface area (Å²) in [6.07, 6.45) is 2.90. The van der Waals surface area contributed by atoms with Crippen LogP contribution in [0.3, 0.4) is 0 Å². The maximum Gasteiger partial charge on any atom is 0.0747 e. The summed E-state index contributed by atoms with van der Waals surface area (Å²) in [7, 11) is -3.35. The lowest BCUT2D eigenvalue weighted by Crippen LogP contribution is -2.21. The van der Waals surface area contributed by atoms with Crippen LogP contribution in [0.2, 0.25) is 0 Å². The van der Waals surface area contributed by atoms with E-state index in [1.165, 1.54) is 16.7 Å². The Morgan fingerprint density at radius 3 is 2.17 bits per heavy atom. The highest BCUT2D eigenvalue weighted by Gasteiger charge is 2.25. The molecule has 0 amide bonds. The number of sulfonamides is 1. The SMILES string of the molecule is CC(C)S(=O)(=O)[N-]C1CCC[C@@H]1c1ccc(-c2ccccc2)cc1. The molecule has 4 heteroatoms. The quantitative estimate of drug-likeness (QED) is 0.759. The molecule has 1 unspecified atom stereocenters. The van der Waals surface area contributed by atoms with Gasteiger partial charge in [0.05, 0.1) is 10.0 Å². The van der Waals surface area contributed by atoms with Gasteiger partial charge in [0.15, 0.2) is 0 Å². The summed E-state index contributed by atoms with van der Waals surface area (Å²) in [6, 6.07) is 18.7. The summed E-state index contributed by atoms with van der Waals surface area (Å²) >= 11 is 0. The van der Waals surface area contributed by atoms with Gasteiger partial charge in [-0.1, -0.05) is 81.3 Å². The lowest BCUT2D eigenvalue weighted by molar-refractivity contribution is 0.583. The maximum absolute atomic E-state index is 12.1. The van der Waals surface area contributed by atoms with E-state index in [-0.39, 0.29) is 12.0 Å². The standard InChI is InChI=1S/C20H24NO2S/c1-15(2)24(22,23)21-20-10-6-9-19(20)18-13-11-17(12-14-18)16-7-4-3-5-8-16/h3-5,7-8,11-15,19-20H,6,9-10H2,1-2H3/q-1/t19-,20?/m1/s1. The molecule has 0 heterocycles. The Labute approximate surface area is 145 Å². The molecule has 0 aliphatic heterocycles. The van der Waals surface area contributed by atoms with Crippen molar-refractivity contribution >= 4 is 10.0 Å². The smallest absolute Gasteiger partial charge is 0.0747 e. The van der Waals surface area contributed by atoms with Crippen LogP contribution in [0.15, 0.2) is 54.6 Å². The van der Waals surface area contributed by atoms with Gasteiger partial charge in [-0.05, 0) is 29.0 Å². The fraction of sp³-hybridized carbons (Fsp3) is 0.400. The van der Waals surface area contributed by atoms with Gasteiger partial charge in [-0.15, -0.1) is 6.04 Å². The van der Waals surface area contributed by atoms with E-state index in [0.717, 1.165) is 19.3 Å². The van der Waals surface area contributed by atoms with E-state index in [2.05, 4.69) is 41.1 Å². The molecular formula is C20H24NO2S-. The molecule has 0 saturated heterocycles. The third-order valence-electron chi connectivity index (χ3n) is 4.80. The van der Waals surface area contributed by atoms with Crippen LogP contribution < -0.4 is 0 Å². The highest BCUT2D eigenvalue weighted by Crippen LogP contribution is 2.40. The van der Waals surface area contributed by atoms with E-state index < -0.39 is 15.3 Å². The molecule has 0 bridgehead atoms. The molecule has 0 spiro atoms. The van der Waals surface area contributed by atoms with Gasteiger partial charge in [-0.2, -0.15) is 0 Å². The molecule has 3 rings (SSSR count). The fourth-order valence-electron chi connectivity index (χ4n) is 3.32. The van der Waals surface area contributed by atoms with Gasteiger partial charge in [-0.3, -0.25) is 0 Å². The number of rotatable bonds is 5. The molecule has 24 heavy (non-hydrogen) atoms. The van der Waals surface area contributed by atoms with E-state index in [9.17, 15) is 8.42 Å². The minimum Gasteiger partial charge on any atom is -0.546 e. The number of benzene rings is 2. The molecular weight excluding hydrogens is 318 g/mol. The van der Waals surface area contributed by atoms with Crippen LogP contribution in [0, 0.1) is 0 Å². The highest BCUT2D eigenvalue weighted by molar-refractivity contribution is 7.94. The summed E-state index contributed by atoms with van der Waals surface area (Å²) < 4.78 is 28.5. The van der Waals surface area contributed by atoms with Crippen LogP contribution in [-0.4, -0.2) is 19.7 Å². The molecule has 1 fully saturated rings. The Balaban J connectivity index is 1.78. The molecule has 0 radical (unpaired) electrons. The average molecular weight is 342 g/mol. The monoisotopic (exact) mass is 342 g/mol. The summed E-state index contributed by atoms with van der Waals surface area (Å²) in [6.45, 7) is 3.38. The second kappa shape index (κ2) is 7.08. The summed E-state index contributed by atoms with van der Waals surface area (Å²) in [5, 5.41) is -0.445. The van der Waals surface area contributed by atoms with Crippen molar-refractivity contribution in [1.29, 1.82) is 0 Å². The maximum atomic E-state index is 12.1. The van der Waals surface area contributed by atoms with Gasteiger partial charge in [0.2, 0.25) is 0 Å². The highest BCUT2D eigenvalue weighted by atomic mass is 32.2. The van der Waals surface area contributed by atoms with Gasteiger partial charge >= 0.3 is 0 Å². The van der Waals surface area contributed by atoms with E-state index in [1.807, 2.05) is 18.2 Å². The van der Waals surface area contributed by atoms with Crippen molar-refractivity contribution in [3.63, 3.8) is 0 Å². The van der Waals surface area contributed by atoms with E-state index in [0.29, 0.717) is 0 Å². The van der Waals surface area contributed by atoms with Gasteiger partial charge in [0, 0.05) is 5.25 Å². The Morgan fingerprint density at radius 2 is 1.54 bits per heavy atom. The molecule has 1 aliphatic rings. The predicted octanol–water partition coefficient (Wildman–Crippen LogP) is 5.10. The van der Waals surface area contributed by atoms with Crippen molar-refractivity contribution in [3.05, 3.63) is 64.9 Å². The lowest BCUT2D eigenvalue weighted by Gasteiger charge is -2.34. The zero-order valence-electron chi connectivity index (χ0n) is 14.2. The normalized spacial score (nSPS) is 21.3. The van der Waals surface area contributed by atoms with Crippen molar-refractivity contribution in [3.8, 4) is 11.1 Å². The third kappa shape index (κ3) is 3.70. The Kier molecular flexibility index (Phi) is 5.07. The zero-order valence-corrected chi connectivity index (χ0v) is 15.0. The van der Waals surface area contributed by atoms with Crippen molar-refractivity contribution < 1.29 is 8.42 Å². The van der Waals surface area contributed by atoms with Gasteiger partial charge in [0.1, 0.15) is 0 Å². The second-order valence-corrected chi connectivity index (χ2v) is 8.95. The van der Waals surface area contributed by atoms with Crippen LogP contribution >= 0.6 is 0 Å². The van der Waals surface area contributed by atoms with Crippen LogP contribution in [0.1, 0.15) is 44.6 Å². The molecule has 2 aromatic rings. The molecule has 0 N–H and O–H groups in total. The van der Waals surface area contributed by atoms with Crippen molar-refractivity contribution in [2.75, 3.05) is 0 Å². The average Bonchev–Trinajstić information content (AvgIpc) is 3.03. The first kappa shape index (κ1) is 17.2. The van der Waals surface area contributed by atoms with Gasteiger partial charge in [0.25, 0.3) is 0 Å². The fourth-order valence-corrected chi connectivity index (χ4v) is 4.19. The zero-order chi connectivity index (χ0) is 17.2. The number of nitrogens with zero attached hydrogens (tertiary/aromatic N) is 1. The topological polar surface area (TPSA) is 48.2 Å². The lowest BCUT2D eigenvalue weighted by atomic mass is 9.93. The molecule has 2 aromatic carbocycles. The van der Waals surface area contributed by atoms with Crippen molar-refractivity contribution in [2.24, 2.45) is 0 Å². The Hall–Kier alpha value is -1.65. The van der Waals surface area contributed by atoms with Crippen molar-refractivity contribution in [1.82, 2.24) is 0 Å². The van der Waals surface area contributed by atoms with E-state index in [1.54, 1.807) is 13.8 Å². The first-order chi connectivity index (χ1) is 11.5. The van der Waals surface area contributed by atoms with E-state index in [4.69, 9.17) is 0 Å². The van der Waals surface area contributed by atoms with Crippen LogP contribution in [0.5, 0.6) is 0 Å². The summed E-state index contributed by atoms with van der Waals surface area (Å²) in [4.78, 5) is 0. The molecule has 128 valence electrons. The third-order valence-corrected chi connectivity index (χ3v) is 6.56. The summed E-state index contributed by atoms with van der Waals surface area (Å²) in [5.41, 5.74) is 3.57. The minimum atomic E-state index is -3.35. The Bertz CT molecular complexity index is 767. The molecule has 1 saturated carbocycles. The van der Waals surface area contributed by atoms with Gasteiger partial charge in [-0.25, -0.2) is 8.42 Å². The molecule has 1 aliphatic carbocycles. The first-order valence-electron chi connectivity index (χ1n) is 8.59.